The van der Waals surface area contributed by atoms with Gasteiger partial charge in [-0.1, -0.05) is 18.5 Å². The number of halogens is 1. The predicted octanol–water partition coefficient (Wildman–Crippen LogP) is 1.76. The van der Waals surface area contributed by atoms with Crippen molar-refractivity contribution in [3.63, 3.8) is 0 Å². The molecule has 8 heteroatoms. The van der Waals surface area contributed by atoms with Crippen LogP contribution in [0.25, 0.3) is 11.4 Å². The Bertz CT molecular complexity index is 695. The molecule has 1 amide bonds. The lowest BCUT2D eigenvalue weighted by Gasteiger charge is -2.27. The van der Waals surface area contributed by atoms with Crippen molar-refractivity contribution in [3.05, 3.63) is 29.3 Å². The Morgan fingerprint density at radius 3 is 2.83 bits per heavy atom. The number of benzene rings is 1. The maximum atomic E-state index is 12.8. The first kappa shape index (κ1) is 16.9. The summed E-state index contributed by atoms with van der Waals surface area (Å²) in [4.78, 5) is 16.0. The van der Waals surface area contributed by atoms with Crippen molar-refractivity contribution in [1.29, 1.82) is 0 Å². The molecule has 1 aliphatic rings. The number of amides is 1. The number of rotatable bonds is 5. The van der Waals surface area contributed by atoms with E-state index in [1.165, 1.54) is 4.80 Å². The first-order valence-electron chi connectivity index (χ1n) is 8.13. The standard InChI is InChI=1S/C16H21ClN6O/c1-3-14(16(24)22(2)13-8-9-18-10-13)23-20-15(19-21-23)11-4-6-12(17)7-5-11/h4-7,13-14,18H,3,8-10H2,1-2H3. The second-order valence-electron chi connectivity index (χ2n) is 5.96. The lowest BCUT2D eigenvalue weighted by Crippen LogP contribution is -2.42. The summed E-state index contributed by atoms with van der Waals surface area (Å²) in [7, 11) is 1.85. The number of carbonyl (C=O) groups is 1. The van der Waals surface area contributed by atoms with E-state index < -0.39 is 6.04 Å². The second-order valence-corrected chi connectivity index (χ2v) is 6.40. The molecule has 2 unspecified atom stereocenters. The third-order valence-electron chi connectivity index (χ3n) is 4.41. The highest BCUT2D eigenvalue weighted by Crippen LogP contribution is 2.20. The molecule has 1 aromatic carbocycles. The molecular weight excluding hydrogens is 328 g/mol. The first-order valence-corrected chi connectivity index (χ1v) is 8.50. The van der Waals surface area contributed by atoms with E-state index in [1.54, 1.807) is 17.0 Å². The van der Waals surface area contributed by atoms with Crippen LogP contribution in [-0.2, 0) is 4.79 Å². The van der Waals surface area contributed by atoms with Crippen molar-refractivity contribution in [2.75, 3.05) is 20.1 Å². The summed E-state index contributed by atoms with van der Waals surface area (Å²) in [6, 6.07) is 7.02. The van der Waals surface area contributed by atoms with Crippen LogP contribution in [0.15, 0.2) is 24.3 Å². The quantitative estimate of drug-likeness (QED) is 0.891. The van der Waals surface area contributed by atoms with Crippen LogP contribution in [0.2, 0.25) is 5.02 Å². The lowest BCUT2D eigenvalue weighted by molar-refractivity contribution is -0.136. The summed E-state index contributed by atoms with van der Waals surface area (Å²) in [5.74, 6) is 0.509. The molecule has 1 N–H and O–H groups in total. The molecular formula is C16H21ClN6O. The van der Waals surface area contributed by atoms with Crippen LogP contribution >= 0.6 is 11.6 Å². The van der Waals surface area contributed by atoms with Crippen molar-refractivity contribution in [2.24, 2.45) is 0 Å². The highest BCUT2D eigenvalue weighted by Gasteiger charge is 2.30. The smallest absolute Gasteiger partial charge is 0.249 e. The largest absolute Gasteiger partial charge is 0.340 e. The van der Waals surface area contributed by atoms with Crippen LogP contribution in [-0.4, -0.2) is 57.2 Å². The minimum absolute atomic E-state index is 0.0197. The van der Waals surface area contributed by atoms with E-state index >= 15 is 0 Å². The SMILES string of the molecule is CCC(C(=O)N(C)C1CCNC1)n1nnc(-c2ccc(Cl)cc2)n1. The van der Waals surface area contributed by atoms with Gasteiger partial charge in [-0.2, -0.15) is 4.80 Å². The third kappa shape index (κ3) is 3.42. The molecule has 128 valence electrons. The highest BCUT2D eigenvalue weighted by atomic mass is 35.5. The van der Waals surface area contributed by atoms with Gasteiger partial charge >= 0.3 is 0 Å². The average Bonchev–Trinajstić information content (AvgIpc) is 3.27. The van der Waals surface area contributed by atoms with E-state index in [1.807, 2.05) is 26.1 Å². The number of nitrogens with zero attached hydrogens (tertiary/aromatic N) is 5. The molecule has 2 heterocycles. The summed E-state index contributed by atoms with van der Waals surface area (Å²) < 4.78 is 0. The summed E-state index contributed by atoms with van der Waals surface area (Å²) in [6.45, 7) is 3.73. The van der Waals surface area contributed by atoms with Gasteiger partial charge in [-0.25, -0.2) is 0 Å². The molecule has 0 bridgehead atoms. The fraction of sp³-hybridized carbons (Fsp3) is 0.500. The average molecular weight is 349 g/mol. The van der Waals surface area contributed by atoms with E-state index in [0.29, 0.717) is 17.3 Å². The van der Waals surface area contributed by atoms with Crippen LogP contribution in [0.5, 0.6) is 0 Å². The Labute approximate surface area is 146 Å². The van der Waals surface area contributed by atoms with Gasteiger partial charge in [0.15, 0.2) is 6.04 Å². The van der Waals surface area contributed by atoms with Gasteiger partial charge in [-0.15, -0.1) is 10.2 Å². The second kappa shape index (κ2) is 7.27. The van der Waals surface area contributed by atoms with Crippen LogP contribution in [0.1, 0.15) is 25.8 Å². The molecule has 0 saturated carbocycles. The van der Waals surface area contributed by atoms with E-state index in [9.17, 15) is 4.79 Å². The summed E-state index contributed by atoms with van der Waals surface area (Å²) in [5.41, 5.74) is 0.821. The molecule has 2 aromatic rings. The minimum Gasteiger partial charge on any atom is -0.340 e. The van der Waals surface area contributed by atoms with E-state index in [0.717, 1.165) is 25.1 Å². The van der Waals surface area contributed by atoms with Gasteiger partial charge in [0.1, 0.15) is 0 Å². The highest BCUT2D eigenvalue weighted by molar-refractivity contribution is 6.30. The topological polar surface area (TPSA) is 75.9 Å². The number of tetrazole rings is 1. The van der Waals surface area contributed by atoms with Crippen molar-refractivity contribution < 1.29 is 4.79 Å². The van der Waals surface area contributed by atoms with E-state index in [4.69, 9.17) is 11.6 Å². The molecule has 0 aliphatic carbocycles. The molecule has 1 fully saturated rings. The van der Waals surface area contributed by atoms with Gasteiger partial charge in [-0.05, 0) is 48.9 Å². The normalized spacial score (nSPS) is 18.5. The monoisotopic (exact) mass is 348 g/mol. The molecule has 1 aromatic heterocycles. The maximum Gasteiger partial charge on any atom is 0.249 e. The zero-order chi connectivity index (χ0) is 17.1. The maximum absolute atomic E-state index is 12.8. The fourth-order valence-corrected chi connectivity index (χ4v) is 3.02. The van der Waals surface area contributed by atoms with Crippen molar-refractivity contribution in [1.82, 2.24) is 30.4 Å². The van der Waals surface area contributed by atoms with Gasteiger partial charge in [0, 0.05) is 30.2 Å². The minimum atomic E-state index is -0.441. The predicted molar refractivity (Wildman–Crippen MR) is 91.6 cm³/mol. The number of hydrogen-bond acceptors (Lipinski definition) is 5. The van der Waals surface area contributed by atoms with Crippen LogP contribution in [0.3, 0.4) is 0 Å². The number of carbonyl (C=O) groups excluding carboxylic acids is 1. The summed E-state index contributed by atoms with van der Waals surface area (Å²) >= 11 is 5.90. The van der Waals surface area contributed by atoms with Crippen molar-refractivity contribution in [2.45, 2.75) is 31.8 Å². The molecule has 0 radical (unpaired) electrons. The number of likely N-dealkylation sites (N-methyl/N-ethyl adjacent to an activating group) is 1. The Balaban J connectivity index is 1.78. The molecule has 1 aliphatic heterocycles. The lowest BCUT2D eigenvalue weighted by atomic mass is 10.1. The van der Waals surface area contributed by atoms with Gasteiger partial charge in [0.25, 0.3) is 0 Å². The van der Waals surface area contributed by atoms with Crippen LogP contribution in [0, 0.1) is 0 Å². The van der Waals surface area contributed by atoms with Gasteiger partial charge in [-0.3, -0.25) is 4.79 Å². The Kier molecular flexibility index (Phi) is 5.11. The number of aromatic nitrogens is 4. The summed E-state index contributed by atoms with van der Waals surface area (Å²) in [6.07, 6.45) is 1.58. The van der Waals surface area contributed by atoms with E-state index in [2.05, 4.69) is 20.7 Å². The van der Waals surface area contributed by atoms with Gasteiger partial charge < -0.3 is 10.2 Å². The Morgan fingerprint density at radius 2 is 2.21 bits per heavy atom. The van der Waals surface area contributed by atoms with Gasteiger partial charge in [0.05, 0.1) is 0 Å². The first-order chi connectivity index (χ1) is 11.6. The molecule has 3 rings (SSSR count). The zero-order valence-electron chi connectivity index (χ0n) is 13.8. The molecule has 2 atom stereocenters. The molecule has 0 spiro atoms. The van der Waals surface area contributed by atoms with Crippen LogP contribution in [0.4, 0.5) is 0 Å². The van der Waals surface area contributed by atoms with Crippen LogP contribution < -0.4 is 5.32 Å². The Hall–Kier alpha value is -1.99. The zero-order valence-corrected chi connectivity index (χ0v) is 14.6. The number of nitrogens with one attached hydrogen (secondary N) is 1. The van der Waals surface area contributed by atoms with Crippen molar-refractivity contribution >= 4 is 17.5 Å². The van der Waals surface area contributed by atoms with Crippen molar-refractivity contribution in [3.8, 4) is 11.4 Å². The molecule has 7 nitrogen and oxygen atoms in total. The number of hydrogen-bond donors (Lipinski definition) is 1. The Morgan fingerprint density at radius 1 is 1.46 bits per heavy atom. The third-order valence-corrected chi connectivity index (χ3v) is 4.66. The summed E-state index contributed by atoms with van der Waals surface area (Å²) in [5, 5.41) is 16.5. The fourth-order valence-electron chi connectivity index (χ4n) is 2.89. The van der Waals surface area contributed by atoms with E-state index in [-0.39, 0.29) is 11.9 Å². The van der Waals surface area contributed by atoms with Gasteiger partial charge in [0.2, 0.25) is 11.7 Å². The molecule has 1 saturated heterocycles. The molecule has 24 heavy (non-hydrogen) atoms.